The monoisotopic (exact) mass is 146 g/mol. The Morgan fingerprint density at radius 2 is 2.14 bits per heavy atom. The molecular weight excluding hydrogens is 143 g/mol. The molecule has 0 aromatic carbocycles. The molecule has 44 valence electrons. The summed E-state index contributed by atoms with van der Waals surface area (Å²) in [7, 11) is 0. The van der Waals surface area contributed by atoms with Gasteiger partial charge in [0.25, 0.3) is 0 Å². The maximum Gasteiger partial charge on any atom is 0.310 e. The van der Waals surface area contributed by atoms with Gasteiger partial charge in [-0.1, -0.05) is 0 Å². The first-order valence-electron chi connectivity index (χ1n) is 1.38. The zero-order chi connectivity index (χ0) is 4.99. The van der Waals surface area contributed by atoms with Gasteiger partial charge in [-0.15, -0.1) is 0 Å². The van der Waals surface area contributed by atoms with Gasteiger partial charge in [-0.25, -0.2) is 0 Å². The Morgan fingerprint density at radius 1 is 1.71 bits per heavy atom. The Hall–Kier alpha value is -0.366. The molecule has 0 aliphatic rings. The van der Waals surface area contributed by atoms with E-state index in [0.29, 0.717) is 0 Å². The van der Waals surface area contributed by atoms with Crippen LogP contribution >= 0.6 is 0 Å². The van der Waals surface area contributed by atoms with Crippen molar-refractivity contribution in [2.45, 2.75) is 6.92 Å². The molecule has 7 heavy (non-hydrogen) atoms. The molecular formula is C3H4NiO3. The average Bonchev–Trinajstić information content (AvgIpc) is 1.35. The molecule has 0 heterocycles. The van der Waals surface area contributed by atoms with E-state index in [9.17, 15) is 9.59 Å². The topological polar surface area (TPSA) is 43.4 Å². The summed E-state index contributed by atoms with van der Waals surface area (Å²) in [4.78, 5) is 18.8. The summed E-state index contributed by atoms with van der Waals surface area (Å²) < 4.78 is 3.72. The number of carbonyl (C=O) groups excluding carboxylic acids is 2. The number of hydrogen-bond donors (Lipinski definition) is 0. The third-order valence-corrected chi connectivity index (χ3v) is 0.214. The second-order valence-corrected chi connectivity index (χ2v) is 0.706. The van der Waals surface area contributed by atoms with E-state index in [2.05, 4.69) is 4.74 Å². The van der Waals surface area contributed by atoms with Crippen LogP contribution in [-0.4, -0.2) is 12.4 Å². The molecule has 0 aromatic rings. The normalized spacial score (nSPS) is 5.86. The molecule has 4 heteroatoms. The van der Waals surface area contributed by atoms with Crippen LogP contribution in [0, 0.1) is 0 Å². The van der Waals surface area contributed by atoms with Crippen LogP contribution in [0.2, 0.25) is 0 Å². The molecule has 0 saturated heterocycles. The molecule has 0 amide bonds. The molecule has 0 fully saturated rings. The minimum absolute atomic E-state index is 0. The van der Waals surface area contributed by atoms with Gasteiger partial charge >= 0.3 is 12.4 Å². The summed E-state index contributed by atoms with van der Waals surface area (Å²) in [6.45, 7) is 1.26. The third-order valence-electron chi connectivity index (χ3n) is 0.214. The van der Waals surface area contributed by atoms with Gasteiger partial charge in [0.1, 0.15) is 0 Å². The van der Waals surface area contributed by atoms with Gasteiger partial charge in [-0.05, 0) is 0 Å². The van der Waals surface area contributed by atoms with Crippen LogP contribution in [0.5, 0.6) is 0 Å². The second-order valence-electron chi connectivity index (χ2n) is 0.706. The van der Waals surface area contributed by atoms with E-state index in [1.54, 1.807) is 0 Å². The largest absolute Gasteiger partial charge is 0.396 e. The van der Waals surface area contributed by atoms with Crippen molar-refractivity contribution in [3.63, 3.8) is 0 Å². The summed E-state index contributed by atoms with van der Waals surface area (Å²) in [6.07, 6.45) is 0. The number of rotatable bonds is 1. The maximum absolute atomic E-state index is 9.59. The third kappa shape index (κ3) is 10.7. The molecule has 0 atom stereocenters. The minimum Gasteiger partial charge on any atom is -0.396 e. The average molecular weight is 147 g/mol. The molecule has 0 aromatic heterocycles. The van der Waals surface area contributed by atoms with E-state index in [0.717, 1.165) is 6.92 Å². The van der Waals surface area contributed by atoms with Gasteiger partial charge in [0.05, 0.1) is 0 Å². The Labute approximate surface area is 51.0 Å². The van der Waals surface area contributed by atoms with Gasteiger partial charge in [0, 0.05) is 23.4 Å². The SMILES string of the molecule is CC(=O)OC=O.[Ni]. The summed E-state index contributed by atoms with van der Waals surface area (Å²) in [5, 5.41) is 0. The number of hydrogen-bond acceptors (Lipinski definition) is 3. The van der Waals surface area contributed by atoms with Gasteiger partial charge in [-0.2, -0.15) is 0 Å². The van der Waals surface area contributed by atoms with E-state index >= 15 is 0 Å². The van der Waals surface area contributed by atoms with Gasteiger partial charge in [-0.3, -0.25) is 9.59 Å². The predicted octanol–water partition coefficient (Wildman–Crippen LogP) is -0.297. The van der Waals surface area contributed by atoms with Crippen molar-refractivity contribution in [3.05, 3.63) is 0 Å². The van der Waals surface area contributed by atoms with Crippen molar-refractivity contribution in [2.75, 3.05) is 0 Å². The van der Waals surface area contributed by atoms with E-state index in [1.165, 1.54) is 0 Å². The van der Waals surface area contributed by atoms with Crippen LogP contribution in [-0.2, 0) is 30.8 Å². The summed E-state index contributed by atoms with van der Waals surface area (Å²) >= 11 is 0. The van der Waals surface area contributed by atoms with Crippen LogP contribution < -0.4 is 0 Å². The van der Waals surface area contributed by atoms with E-state index in [1.807, 2.05) is 0 Å². The molecule has 0 radical (unpaired) electrons. The minimum atomic E-state index is -0.579. The van der Waals surface area contributed by atoms with Gasteiger partial charge < -0.3 is 4.74 Å². The van der Waals surface area contributed by atoms with Crippen molar-refractivity contribution >= 4 is 12.4 Å². The van der Waals surface area contributed by atoms with Crippen molar-refractivity contribution in [2.24, 2.45) is 0 Å². The molecule has 0 aliphatic heterocycles. The van der Waals surface area contributed by atoms with E-state index < -0.39 is 5.97 Å². The first-order chi connectivity index (χ1) is 2.77. The van der Waals surface area contributed by atoms with Gasteiger partial charge in [0.15, 0.2) is 0 Å². The molecule has 3 nitrogen and oxygen atoms in total. The Bertz CT molecular complexity index is 70.6. The molecule has 0 rings (SSSR count). The fourth-order valence-electron chi connectivity index (χ4n) is 0.0678. The van der Waals surface area contributed by atoms with Crippen molar-refractivity contribution < 1.29 is 30.8 Å². The fraction of sp³-hybridized carbons (Fsp3) is 0.333. The number of esters is 1. The molecule has 0 aliphatic carbocycles. The Balaban J connectivity index is 0. The molecule has 0 bridgehead atoms. The number of ether oxygens (including phenoxy) is 1. The van der Waals surface area contributed by atoms with Crippen LogP contribution in [0.15, 0.2) is 0 Å². The zero-order valence-corrected chi connectivity index (χ0v) is 4.61. The first-order valence-corrected chi connectivity index (χ1v) is 1.38. The standard InChI is InChI=1S/C3H4O3.Ni/c1-3(5)6-2-4;/h2H,1H3;. The maximum atomic E-state index is 9.59. The molecule has 0 N–H and O–H groups in total. The first kappa shape index (κ1) is 9.81. The predicted molar refractivity (Wildman–Crippen MR) is 17.8 cm³/mol. The Kier molecular flexibility index (Phi) is 7.89. The van der Waals surface area contributed by atoms with Gasteiger partial charge in [0.2, 0.25) is 0 Å². The van der Waals surface area contributed by atoms with Crippen LogP contribution in [0.25, 0.3) is 0 Å². The fourth-order valence-corrected chi connectivity index (χ4v) is 0.0678. The van der Waals surface area contributed by atoms with E-state index in [-0.39, 0.29) is 23.0 Å². The van der Waals surface area contributed by atoms with Crippen LogP contribution in [0.3, 0.4) is 0 Å². The molecule has 0 saturated carbocycles. The zero-order valence-electron chi connectivity index (χ0n) is 3.62. The van der Waals surface area contributed by atoms with Crippen molar-refractivity contribution in [3.8, 4) is 0 Å². The molecule has 0 spiro atoms. The van der Waals surface area contributed by atoms with E-state index in [4.69, 9.17) is 0 Å². The quantitative estimate of drug-likeness (QED) is 0.221. The summed E-state index contributed by atoms with van der Waals surface area (Å²) in [5.41, 5.74) is 0. The Morgan fingerprint density at radius 3 is 2.14 bits per heavy atom. The number of carbonyl (C=O) groups is 2. The van der Waals surface area contributed by atoms with Crippen LogP contribution in [0.4, 0.5) is 0 Å². The van der Waals surface area contributed by atoms with Crippen molar-refractivity contribution in [1.29, 1.82) is 0 Å². The summed E-state index contributed by atoms with van der Waals surface area (Å²) in [6, 6.07) is 0. The molecule has 0 unspecified atom stereocenters. The second kappa shape index (κ2) is 5.63. The van der Waals surface area contributed by atoms with Crippen molar-refractivity contribution in [1.82, 2.24) is 0 Å². The van der Waals surface area contributed by atoms with Crippen LogP contribution in [0.1, 0.15) is 6.92 Å². The smallest absolute Gasteiger partial charge is 0.310 e. The summed E-state index contributed by atoms with van der Waals surface area (Å²) in [5.74, 6) is -0.579.